The van der Waals surface area contributed by atoms with Crippen molar-refractivity contribution in [2.24, 2.45) is 7.05 Å². The molecule has 0 aliphatic rings. The largest absolute Gasteiger partial charge is 0.491 e. The molecule has 0 amide bonds. The Hall–Kier alpha value is -1.77. The van der Waals surface area contributed by atoms with E-state index in [1.807, 2.05) is 51.5 Å². The zero-order chi connectivity index (χ0) is 11.5. The number of nitrogens with zero attached hydrogens (tertiary/aromatic N) is 2. The maximum absolute atomic E-state index is 5.66. The molecule has 0 atom stereocenters. The first kappa shape index (κ1) is 10.7. The lowest BCUT2D eigenvalue weighted by molar-refractivity contribution is 0.242. The number of aromatic nitrogens is 2. The summed E-state index contributed by atoms with van der Waals surface area (Å²) in [5.74, 6) is 0.899. The quantitative estimate of drug-likeness (QED) is 0.788. The summed E-state index contributed by atoms with van der Waals surface area (Å²) in [7, 11) is 1.91. The second-order valence-corrected chi connectivity index (χ2v) is 4.10. The first-order valence-electron chi connectivity index (χ1n) is 5.41. The van der Waals surface area contributed by atoms with Crippen LogP contribution in [0.15, 0.2) is 36.7 Å². The minimum absolute atomic E-state index is 0.198. The predicted octanol–water partition coefficient (Wildman–Crippen LogP) is 2.87. The molecule has 2 aromatic rings. The van der Waals surface area contributed by atoms with E-state index in [2.05, 4.69) is 11.2 Å². The molecular formula is C13H16N2O. The van der Waals surface area contributed by atoms with Crippen molar-refractivity contribution in [3.8, 4) is 16.9 Å². The third-order valence-electron chi connectivity index (χ3n) is 2.24. The van der Waals surface area contributed by atoms with E-state index in [1.54, 1.807) is 4.68 Å². The lowest BCUT2D eigenvalue weighted by Gasteiger charge is -2.10. The number of hydrogen-bond acceptors (Lipinski definition) is 2. The van der Waals surface area contributed by atoms with E-state index in [-0.39, 0.29) is 6.10 Å². The first-order valence-corrected chi connectivity index (χ1v) is 5.41. The Balaban J connectivity index is 2.28. The fraction of sp³-hybridized carbons (Fsp3) is 0.308. The van der Waals surface area contributed by atoms with E-state index in [1.165, 1.54) is 0 Å². The summed E-state index contributed by atoms with van der Waals surface area (Å²) in [6.45, 7) is 4.05. The van der Waals surface area contributed by atoms with E-state index >= 15 is 0 Å². The van der Waals surface area contributed by atoms with Gasteiger partial charge in [-0.1, -0.05) is 12.1 Å². The van der Waals surface area contributed by atoms with Gasteiger partial charge in [0.05, 0.1) is 12.3 Å². The van der Waals surface area contributed by atoms with Crippen molar-refractivity contribution in [1.29, 1.82) is 0 Å². The van der Waals surface area contributed by atoms with Crippen LogP contribution in [0.1, 0.15) is 13.8 Å². The summed E-state index contributed by atoms with van der Waals surface area (Å²) < 4.78 is 7.45. The molecule has 0 saturated carbocycles. The molecule has 1 aromatic carbocycles. The highest BCUT2D eigenvalue weighted by Gasteiger charge is 2.03. The van der Waals surface area contributed by atoms with Crippen LogP contribution in [0.5, 0.6) is 5.75 Å². The van der Waals surface area contributed by atoms with Crippen molar-refractivity contribution in [2.75, 3.05) is 0 Å². The van der Waals surface area contributed by atoms with Crippen LogP contribution >= 0.6 is 0 Å². The van der Waals surface area contributed by atoms with Crippen LogP contribution in [0.25, 0.3) is 11.1 Å². The van der Waals surface area contributed by atoms with Crippen LogP contribution in [-0.2, 0) is 7.05 Å². The third kappa shape index (κ3) is 2.42. The zero-order valence-electron chi connectivity index (χ0n) is 9.84. The second kappa shape index (κ2) is 4.39. The monoisotopic (exact) mass is 216 g/mol. The number of ether oxygens (including phenoxy) is 1. The van der Waals surface area contributed by atoms with E-state index in [0.717, 1.165) is 16.9 Å². The van der Waals surface area contributed by atoms with Gasteiger partial charge in [-0.2, -0.15) is 5.10 Å². The molecule has 0 aliphatic heterocycles. The highest BCUT2D eigenvalue weighted by Crippen LogP contribution is 2.23. The Kier molecular flexibility index (Phi) is 2.95. The molecule has 16 heavy (non-hydrogen) atoms. The van der Waals surface area contributed by atoms with E-state index in [4.69, 9.17) is 4.74 Å². The Morgan fingerprint density at radius 1 is 1.25 bits per heavy atom. The lowest BCUT2D eigenvalue weighted by Crippen LogP contribution is -2.05. The third-order valence-corrected chi connectivity index (χ3v) is 2.24. The molecule has 1 heterocycles. The molecule has 0 aliphatic carbocycles. The number of benzene rings is 1. The van der Waals surface area contributed by atoms with Crippen molar-refractivity contribution in [2.45, 2.75) is 20.0 Å². The van der Waals surface area contributed by atoms with Gasteiger partial charge in [0.25, 0.3) is 0 Å². The van der Waals surface area contributed by atoms with Gasteiger partial charge < -0.3 is 4.74 Å². The molecule has 0 radical (unpaired) electrons. The van der Waals surface area contributed by atoms with Crippen molar-refractivity contribution in [1.82, 2.24) is 9.78 Å². The van der Waals surface area contributed by atoms with Crippen LogP contribution in [0, 0.1) is 0 Å². The normalized spacial score (nSPS) is 10.8. The van der Waals surface area contributed by atoms with Gasteiger partial charge in [-0.25, -0.2) is 0 Å². The number of aryl methyl sites for hydroxylation is 1. The van der Waals surface area contributed by atoms with Crippen molar-refractivity contribution >= 4 is 0 Å². The zero-order valence-corrected chi connectivity index (χ0v) is 9.84. The molecule has 1 aromatic heterocycles. The topological polar surface area (TPSA) is 27.1 Å². The van der Waals surface area contributed by atoms with Crippen molar-refractivity contribution in [3.05, 3.63) is 36.7 Å². The summed E-state index contributed by atoms with van der Waals surface area (Å²) >= 11 is 0. The Morgan fingerprint density at radius 3 is 2.69 bits per heavy atom. The van der Waals surface area contributed by atoms with E-state index in [0.29, 0.717) is 0 Å². The van der Waals surface area contributed by atoms with Crippen LogP contribution in [0.3, 0.4) is 0 Å². The number of hydrogen-bond donors (Lipinski definition) is 0. The highest BCUT2D eigenvalue weighted by molar-refractivity contribution is 5.63. The fourth-order valence-corrected chi connectivity index (χ4v) is 1.59. The second-order valence-electron chi connectivity index (χ2n) is 4.10. The smallest absolute Gasteiger partial charge is 0.120 e. The van der Waals surface area contributed by atoms with Gasteiger partial charge in [0.15, 0.2) is 0 Å². The summed E-state index contributed by atoms with van der Waals surface area (Å²) in [5.41, 5.74) is 2.24. The van der Waals surface area contributed by atoms with Gasteiger partial charge in [0.2, 0.25) is 0 Å². The Labute approximate surface area is 95.7 Å². The molecular weight excluding hydrogens is 200 g/mol. The fourth-order valence-electron chi connectivity index (χ4n) is 1.59. The van der Waals surface area contributed by atoms with Gasteiger partial charge in [0, 0.05) is 18.8 Å². The molecule has 3 heteroatoms. The minimum atomic E-state index is 0.198. The van der Waals surface area contributed by atoms with Gasteiger partial charge in [-0.15, -0.1) is 0 Å². The van der Waals surface area contributed by atoms with E-state index < -0.39 is 0 Å². The Bertz CT molecular complexity index is 474. The van der Waals surface area contributed by atoms with Gasteiger partial charge >= 0.3 is 0 Å². The Morgan fingerprint density at radius 2 is 2.06 bits per heavy atom. The predicted molar refractivity (Wildman–Crippen MR) is 64.4 cm³/mol. The molecule has 84 valence electrons. The molecule has 0 bridgehead atoms. The van der Waals surface area contributed by atoms with Gasteiger partial charge in [-0.3, -0.25) is 4.68 Å². The summed E-state index contributed by atoms with van der Waals surface area (Å²) in [4.78, 5) is 0. The van der Waals surface area contributed by atoms with Gasteiger partial charge in [-0.05, 0) is 31.5 Å². The molecule has 0 spiro atoms. The van der Waals surface area contributed by atoms with Crippen LogP contribution in [0.4, 0.5) is 0 Å². The molecule has 0 fully saturated rings. The summed E-state index contributed by atoms with van der Waals surface area (Å²) in [6, 6.07) is 8.07. The van der Waals surface area contributed by atoms with E-state index in [9.17, 15) is 0 Å². The molecule has 0 saturated heterocycles. The van der Waals surface area contributed by atoms with Crippen molar-refractivity contribution < 1.29 is 4.74 Å². The van der Waals surface area contributed by atoms with Crippen LogP contribution < -0.4 is 4.74 Å². The lowest BCUT2D eigenvalue weighted by atomic mass is 10.1. The van der Waals surface area contributed by atoms with Gasteiger partial charge in [0.1, 0.15) is 5.75 Å². The molecule has 0 N–H and O–H groups in total. The maximum Gasteiger partial charge on any atom is 0.120 e. The average molecular weight is 216 g/mol. The summed E-state index contributed by atoms with van der Waals surface area (Å²) in [6.07, 6.45) is 4.05. The van der Waals surface area contributed by atoms with Crippen molar-refractivity contribution in [3.63, 3.8) is 0 Å². The standard InChI is InChI=1S/C13H16N2O/c1-10(2)16-13-6-4-5-11(7-13)12-8-14-15(3)9-12/h4-10H,1-3H3. The molecule has 0 unspecified atom stereocenters. The summed E-state index contributed by atoms with van der Waals surface area (Å²) in [5, 5.41) is 4.16. The highest BCUT2D eigenvalue weighted by atomic mass is 16.5. The number of rotatable bonds is 3. The first-order chi connectivity index (χ1) is 7.65. The molecule has 3 nitrogen and oxygen atoms in total. The SMILES string of the molecule is CC(C)Oc1cccc(-c2cnn(C)c2)c1. The molecule has 2 rings (SSSR count). The maximum atomic E-state index is 5.66. The van der Waals surface area contributed by atoms with Crippen LogP contribution in [-0.4, -0.2) is 15.9 Å². The minimum Gasteiger partial charge on any atom is -0.491 e. The van der Waals surface area contributed by atoms with Crippen LogP contribution in [0.2, 0.25) is 0 Å². The average Bonchev–Trinajstić information content (AvgIpc) is 2.64.